The smallest absolute Gasteiger partial charge is 0.212 e. The van der Waals surface area contributed by atoms with Gasteiger partial charge in [-0.25, -0.2) is 0 Å². The summed E-state index contributed by atoms with van der Waals surface area (Å²) in [5.41, 5.74) is 3.71. The third-order valence-corrected chi connectivity index (χ3v) is 7.55. The van der Waals surface area contributed by atoms with E-state index in [1.165, 1.54) is 32.9 Å². The molecule has 4 rings (SSSR count). The van der Waals surface area contributed by atoms with Crippen molar-refractivity contribution < 1.29 is 9.30 Å². The molecule has 4 aromatic rings. The van der Waals surface area contributed by atoms with Crippen LogP contribution in [0.5, 0.6) is 5.75 Å². The molecule has 0 amide bonds. The van der Waals surface area contributed by atoms with Crippen LogP contribution in [0.3, 0.4) is 0 Å². The molecule has 0 N–H and O–H groups in total. The maximum absolute atomic E-state index is 5.33. The molecule has 3 aromatic carbocycles. The van der Waals surface area contributed by atoms with Crippen LogP contribution in [0.4, 0.5) is 0 Å². The van der Waals surface area contributed by atoms with E-state index in [4.69, 9.17) is 4.74 Å². The van der Waals surface area contributed by atoms with E-state index in [9.17, 15) is 0 Å². The van der Waals surface area contributed by atoms with Gasteiger partial charge in [-0.15, -0.1) is 0 Å². The van der Waals surface area contributed by atoms with Gasteiger partial charge in [0, 0.05) is 29.3 Å². The Labute approximate surface area is 186 Å². The van der Waals surface area contributed by atoms with E-state index in [1.807, 2.05) is 27.7 Å². The monoisotopic (exact) mass is 432 g/mol. The largest absolute Gasteiger partial charge is 0.497 e. The second-order valence-corrected chi connectivity index (χ2v) is 9.87. The zero-order valence-electron chi connectivity index (χ0n) is 17.4. The van der Waals surface area contributed by atoms with Gasteiger partial charge in [0.15, 0.2) is 6.54 Å². The van der Waals surface area contributed by atoms with Gasteiger partial charge < -0.3 is 4.74 Å². The highest BCUT2D eigenvalue weighted by Crippen LogP contribution is 2.23. The predicted octanol–water partition coefficient (Wildman–Crippen LogP) is 6.86. The minimum absolute atomic E-state index is 0.891. The Hall–Kier alpha value is -2.43. The average molecular weight is 433 g/mol. The van der Waals surface area contributed by atoms with E-state index >= 15 is 0 Å². The zero-order chi connectivity index (χ0) is 20.8. The summed E-state index contributed by atoms with van der Waals surface area (Å²) in [6.07, 6.45) is 4.44. The maximum Gasteiger partial charge on any atom is 0.212 e. The number of methoxy groups -OCH3 is 1. The summed E-state index contributed by atoms with van der Waals surface area (Å²) >= 11 is 0. The average Bonchev–Trinajstić information content (AvgIpc) is 2.80. The molecule has 0 bridgehead atoms. The van der Waals surface area contributed by atoms with E-state index in [0.29, 0.717) is 0 Å². The molecule has 1 aromatic heterocycles. The molecule has 0 fully saturated rings. The molecule has 0 aliphatic rings. The molecular weight excluding hydrogens is 406 g/mol. The molecule has 30 heavy (non-hydrogen) atoms. The van der Waals surface area contributed by atoms with Crippen LogP contribution in [-0.2, 0) is 6.54 Å². The van der Waals surface area contributed by atoms with Crippen molar-refractivity contribution in [3.05, 3.63) is 84.1 Å². The zero-order valence-corrected chi connectivity index (χ0v) is 19.0. The fourth-order valence-corrected chi connectivity index (χ4v) is 5.22. The summed E-state index contributed by atoms with van der Waals surface area (Å²) in [7, 11) is 5.58. The lowest BCUT2D eigenvalue weighted by Crippen LogP contribution is -2.39. The molecule has 0 aliphatic carbocycles. The van der Waals surface area contributed by atoms with Crippen molar-refractivity contribution in [2.24, 2.45) is 0 Å². The van der Waals surface area contributed by atoms with Crippen LogP contribution in [-0.4, -0.2) is 18.6 Å². The molecule has 4 heteroatoms. The van der Waals surface area contributed by atoms with Crippen molar-refractivity contribution in [2.45, 2.75) is 13.5 Å². The minimum Gasteiger partial charge on any atom is -0.497 e. The third kappa shape index (κ3) is 4.82. The minimum atomic E-state index is 0.891. The quantitative estimate of drug-likeness (QED) is 0.171. The van der Waals surface area contributed by atoms with Crippen molar-refractivity contribution in [1.82, 2.24) is 0 Å². The van der Waals surface area contributed by atoms with Gasteiger partial charge in [-0.2, -0.15) is 4.57 Å². The highest BCUT2D eigenvalue weighted by atomic mass is 33.1. The molecule has 152 valence electrons. The third-order valence-electron chi connectivity index (χ3n) is 5.09. The first-order valence-electron chi connectivity index (χ1n) is 10.2. The molecule has 0 saturated carbocycles. The maximum atomic E-state index is 5.33. The first-order valence-corrected chi connectivity index (χ1v) is 12.7. The van der Waals surface area contributed by atoms with Gasteiger partial charge in [0.05, 0.1) is 12.9 Å². The highest BCUT2D eigenvalue weighted by Gasteiger charge is 2.13. The number of pyridine rings is 1. The summed E-state index contributed by atoms with van der Waals surface area (Å²) in [5, 5.41) is 3.69. The molecule has 1 heterocycles. The van der Waals surface area contributed by atoms with E-state index in [-0.39, 0.29) is 0 Å². The first-order chi connectivity index (χ1) is 14.8. The summed E-state index contributed by atoms with van der Waals surface area (Å²) in [6.45, 7) is 3.20. The number of rotatable bonds is 8. The van der Waals surface area contributed by atoms with Crippen LogP contribution < -0.4 is 9.30 Å². The Morgan fingerprint density at radius 2 is 1.63 bits per heavy atom. The Morgan fingerprint density at radius 1 is 0.833 bits per heavy atom. The van der Waals surface area contributed by atoms with Gasteiger partial charge in [0.2, 0.25) is 11.2 Å². The number of benzene rings is 3. The molecule has 0 radical (unpaired) electrons. The van der Waals surface area contributed by atoms with Crippen LogP contribution in [0.1, 0.15) is 18.2 Å². The van der Waals surface area contributed by atoms with Gasteiger partial charge in [-0.3, -0.25) is 0 Å². The predicted molar refractivity (Wildman–Crippen MR) is 134 cm³/mol. The first kappa shape index (κ1) is 20.8. The van der Waals surface area contributed by atoms with Crippen molar-refractivity contribution >= 4 is 55.4 Å². The van der Waals surface area contributed by atoms with E-state index in [1.54, 1.807) is 7.11 Å². The molecular formula is C26H26NOS2+. The summed E-state index contributed by atoms with van der Waals surface area (Å²) in [5.74, 6) is 3.13. The van der Waals surface area contributed by atoms with Gasteiger partial charge in [0.25, 0.3) is 0 Å². The van der Waals surface area contributed by atoms with Gasteiger partial charge >= 0.3 is 0 Å². The number of fused-ring (bicyclic) bond motifs is 2. The lowest BCUT2D eigenvalue weighted by Gasteiger charge is -2.06. The molecule has 0 unspecified atom stereocenters. The SMILES string of the molecule is CCSSCC[n+]1c(/C=C/c2ccc3cc(OC)ccc3c2)ccc2ccccc21. The van der Waals surface area contributed by atoms with Crippen LogP contribution in [0.2, 0.25) is 0 Å². The van der Waals surface area contributed by atoms with Gasteiger partial charge in [0.1, 0.15) is 5.75 Å². The number of hydrogen-bond acceptors (Lipinski definition) is 3. The van der Waals surface area contributed by atoms with Crippen molar-refractivity contribution in [1.29, 1.82) is 0 Å². The van der Waals surface area contributed by atoms with E-state index < -0.39 is 0 Å². The lowest BCUT2D eigenvalue weighted by molar-refractivity contribution is -0.668. The number of hydrogen-bond donors (Lipinski definition) is 0. The van der Waals surface area contributed by atoms with Crippen LogP contribution in [0, 0.1) is 0 Å². The number of para-hydroxylation sites is 1. The fourth-order valence-electron chi connectivity index (χ4n) is 3.60. The Kier molecular flexibility index (Phi) is 6.98. The van der Waals surface area contributed by atoms with Crippen LogP contribution in [0.25, 0.3) is 33.8 Å². The Balaban J connectivity index is 1.65. The van der Waals surface area contributed by atoms with Gasteiger partial charge in [-0.05, 0) is 52.7 Å². The summed E-state index contributed by atoms with van der Waals surface area (Å²) in [4.78, 5) is 0. The number of aromatic nitrogens is 1. The standard InChI is InChI=1S/C26H26NOS2/c1-3-29-30-17-16-27-24(14-11-21-6-4-5-7-26(21)27)13-9-20-8-10-23-19-25(28-2)15-12-22(23)18-20/h4-15,18-19H,3,16-17H2,1-2H3/q+1/b13-9+. The molecule has 0 atom stereocenters. The number of nitrogens with zero attached hydrogens (tertiary/aromatic N) is 1. The van der Waals surface area contributed by atoms with Crippen molar-refractivity contribution in [3.8, 4) is 5.75 Å². The topological polar surface area (TPSA) is 13.1 Å². The van der Waals surface area contributed by atoms with Gasteiger partial charge in [-0.1, -0.05) is 58.8 Å². The molecule has 2 nitrogen and oxygen atoms in total. The Bertz CT molecular complexity index is 1190. The number of ether oxygens (including phenoxy) is 1. The number of aryl methyl sites for hydroxylation is 1. The normalized spacial score (nSPS) is 11.5. The summed E-state index contributed by atoms with van der Waals surface area (Å²) in [6, 6.07) is 25.8. The van der Waals surface area contributed by atoms with E-state index in [2.05, 4.69) is 90.4 Å². The lowest BCUT2D eigenvalue weighted by atomic mass is 10.1. The molecule has 0 saturated heterocycles. The molecule has 0 aliphatic heterocycles. The highest BCUT2D eigenvalue weighted by molar-refractivity contribution is 8.76. The summed E-state index contributed by atoms with van der Waals surface area (Å²) < 4.78 is 7.77. The fraction of sp³-hybridized carbons (Fsp3) is 0.192. The molecule has 0 spiro atoms. The second kappa shape index (κ2) is 10.1. The van der Waals surface area contributed by atoms with Crippen LogP contribution >= 0.6 is 21.6 Å². The Morgan fingerprint density at radius 3 is 2.50 bits per heavy atom. The second-order valence-electron chi connectivity index (χ2n) is 7.00. The van der Waals surface area contributed by atoms with E-state index in [0.717, 1.165) is 23.8 Å². The van der Waals surface area contributed by atoms with Crippen molar-refractivity contribution in [3.63, 3.8) is 0 Å². The van der Waals surface area contributed by atoms with Crippen molar-refractivity contribution in [2.75, 3.05) is 18.6 Å². The van der Waals surface area contributed by atoms with Crippen LogP contribution in [0.15, 0.2) is 72.8 Å².